The Morgan fingerprint density at radius 2 is 2.25 bits per heavy atom. The van der Waals surface area contributed by atoms with Crippen LogP contribution in [0.4, 0.5) is 0 Å². The highest BCUT2D eigenvalue weighted by molar-refractivity contribution is 5.51. The number of ether oxygens (including phenoxy) is 1. The van der Waals surface area contributed by atoms with Crippen LogP contribution in [-0.2, 0) is 9.53 Å². The van der Waals surface area contributed by atoms with Gasteiger partial charge in [0.2, 0.25) is 0 Å². The van der Waals surface area contributed by atoms with Crippen molar-refractivity contribution in [3.05, 3.63) is 11.6 Å². The number of methoxy groups -OCH3 is 1. The van der Waals surface area contributed by atoms with Crippen LogP contribution in [0.3, 0.4) is 0 Å². The second-order valence-corrected chi connectivity index (χ2v) is 2.64. The fourth-order valence-electron chi connectivity index (χ4n) is 0.580. The van der Waals surface area contributed by atoms with Gasteiger partial charge < -0.3 is 9.53 Å². The number of aldehydes is 1. The Morgan fingerprint density at radius 1 is 1.58 bits per heavy atom. The molecule has 0 spiro atoms. The minimum absolute atomic E-state index is 0.266. The van der Waals surface area contributed by atoms with E-state index in [4.69, 9.17) is 4.74 Å². The Labute approximate surface area is 73.6 Å². The van der Waals surface area contributed by atoms with Gasteiger partial charge in [-0.1, -0.05) is 17.4 Å². The van der Waals surface area contributed by atoms with Gasteiger partial charge in [0.1, 0.15) is 12.4 Å². The van der Waals surface area contributed by atoms with Crippen LogP contribution in [0.2, 0.25) is 0 Å². The fourth-order valence-corrected chi connectivity index (χ4v) is 0.580. The lowest BCUT2D eigenvalue weighted by molar-refractivity contribution is -0.109. The molecule has 0 saturated carbocycles. The van der Waals surface area contributed by atoms with E-state index in [-0.39, 0.29) is 6.10 Å². The van der Waals surface area contributed by atoms with Gasteiger partial charge in [-0.2, -0.15) is 0 Å². The van der Waals surface area contributed by atoms with Gasteiger partial charge in [0.05, 0.1) is 0 Å². The van der Waals surface area contributed by atoms with Gasteiger partial charge in [0.15, 0.2) is 0 Å². The molecule has 0 radical (unpaired) electrons. The molecule has 0 saturated heterocycles. The molecule has 0 aliphatic carbocycles. The first kappa shape index (κ1) is 10.9. The molecule has 2 nitrogen and oxygen atoms in total. The second-order valence-electron chi connectivity index (χ2n) is 2.64. The van der Waals surface area contributed by atoms with Crippen LogP contribution >= 0.6 is 0 Å². The van der Waals surface area contributed by atoms with E-state index < -0.39 is 0 Å². The molecule has 0 unspecified atom stereocenters. The third-order valence-electron chi connectivity index (χ3n) is 1.20. The number of allylic oxidation sites excluding steroid dienone is 2. The Kier molecular flexibility index (Phi) is 6.04. The Bertz CT molecular complexity index is 214. The van der Waals surface area contributed by atoms with Crippen molar-refractivity contribution in [2.45, 2.75) is 26.4 Å². The lowest BCUT2D eigenvalue weighted by atomic mass is 10.2. The van der Waals surface area contributed by atoms with Crippen molar-refractivity contribution in [3.63, 3.8) is 0 Å². The minimum Gasteiger partial charge on any atom is -0.368 e. The standard InChI is InChI=1S/C10H14O2/c1-9(2)5-4-6-10(12-3)7-8-11/h5,8,10H,7H2,1-3H3/t10-/m1/s1. The molecule has 0 aromatic carbocycles. The molecule has 0 aliphatic heterocycles. The summed E-state index contributed by atoms with van der Waals surface area (Å²) in [5.41, 5.74) is 1.14. The topological polar surface area (TPSA) is 26.3 Å². The van der Waals surface area contributed by atoms with Gasteiger partial charge >= 0.3 is 0 Å². The van der Waals surface area contributed by atoms with Crippen LogP contribution in [-0.4, -0.2) is 19.5 Å². The highest BCUT2D eigenvalue weighted by Gasteiger charge is 1.98. The van der Waals surface area contributed by atoms with Crippen molar-refractivity contribution < 1.29 is 9.53 Å². The van der Waals surface area contributed by atoms with Crippen LogP contribution in [0.15, 0.2) is 11.6 Å². The third-order valence-corrected chi connectivity index (χ3v) is 1.20. The maximum Gasteiger partial charge on any atom is 0.124 e. The van der Waals surface area contributed by atoms with Gasteiger partial charge in [-0.05, 0) is 19.9 Å². The molecule has 0 rings (SSSR count). The maximum absolute atomic E-state index is 10.1. The minimum atomic E-state index is -0.266. The normalized spacial score (nSPS) is 10.9. The van der Waals surface area contributed by atoms with Crippen LogP contribution in [0.1, 0.15) is 20.3 Å². The monoisotopic (exact) mass is 166 g/mol. The number of rotatable bonds is 3. The first-order valence-corrected chi connectivity index (χ1v) is 3.81. The van der Waals surface area contributed by atoms with Crippen molar-refractivity contribution >= 4 is 6.29 Å². The molecule has 0 aromatic rings. The summed E-state index contributed by atoms with van der Waals surface area (Å²) >= 11 is 0. The van der Waals surface area contributed by atoms with Crippen LogP contribution < -0.4 is 0 Å². The quantitative estimate of drug-likeness (QED) is 0.470. The lowest BCUT2D eigenvalue weighted by Crippen LogP contribution is -2.07. The van der Waals surface area contributed by atoms with Gasteiger partial charge in [0.25, 0.3) is 0 Å². The Hall–Kier alpha value is -1.07. The molecule has 0 fully saturated rings. The van der Waals surface area contributed by atoms with Crippen molar-refractivity contribution in [3.8, 4) is 11.8 Å². The summed E-state index contributed by atoms with van der Waals surface area (Å²) in [6.45, 7) is 3.94. The molecule has 0 bridgehead atoms. The third kappa shape index (κ3) is 5.70. The molecule has 12 heavy (non-hydrogen) atoms. The van der Waals surface area contributed by atoms with E-state index in [9.17, 15) is 4.79 Å². The average Bonchev–Trinajstić information content (AvgIpc) is 2.02. The van der Waals surface area contributed by atoms with Crippen molar-refractivity contribution in [1.29, 1.82) is 0 Å². The average molecular weight is 166 g/mol. The summed E-state index contributed by atoms with van der Waals surface area (Å²) in [6.07, 6.45) is 2.68. The zero-order chi connectivity index (χ0) is 9.40. The van der Waals surface area contributed by atoms with Crippen LogP contribution in [0.5, 0.6) is 0 Å². The van der Waals surface area contributed by atoms with Gasteiger partial charge in [-0.25, -0.2) is 0 Å². The molecule has 0 aromatic heterocycles. The highest BCUT2D eigenvalue weighted by atomic mass is 16.5. The van der Waals surface area contributed by atoms with Crippen LogP contribution in [0.25, 0.3) is 0 Å². The molecule has 0 aliphatic rings. The van der Waals surface area contributed by atoms with Crippen molar-refractivity contribution in [2.24, 2.45) is 0 Å². The number of hydrogen-bond donors (Lipinski definition) is 0. The lowest BCUT2D eigenvalue weighted by Gasteiger charge is -2.01. The van der Waals surface area contributed by atoms with E-state index in [1.165, 1.54) is 0 Å². The first-order chi connectivity index (χ1) is 5.70. The van der Waals surface area contributed by atoms with Gasteiger partial charge in [0, 0.05) is 13.5 Å². The van der Waals surface area contributed by atoms with Crippen molar-refractivity contribution in [1.82, 2.24) is 0 Å². The maximum atomic E-state index is 10.1. The van der Waals surface area contributed by atoms with E-state index >= 15 is 0 Å². The van der Waals surface area contributed by atoms with E-state index in [1.807, 2.05) is 13.8 Å². The molecule has 0 heterocycles. The molecular formula is C10H14O2. The molecule has 66 valence electrons. The van der Waals surface area contributed by atoms with E-state index in [0.717, 1.165) is 11.9 Å². The van der Waals surface area contributed by atoms with Gasteiger partial charge in [-0.15, -0.1) is 0 Å². The summed E-state index contributed by atoms with van der Waals surface area (Å²) in [6, 6.07) is 0. The van der Waals surface area contributed by atoms with Gasteiger partial charge in [-0.3, -0.25) is 0 Å². The Morgan fingerprint density at radius 3 is 2.67 bits per heavy atom. The smallest absolute Gasteiger partial charge is 0.124 e. The van der Waals surface area contributed by atoms with E-state index in [1.54, 1.807) is 13.2 Å². The predicted molar refractivity (Wildman–Crippen MR) is 48.7 cm³/mol. The number of hydrogen-bond acceptors (Lipinski definition) is 2. The van der Waals surface area contributed by atoms with Crippen LogP contribution in [0, 0.1) is 11.8 Å². The largest absolute Gasteiger partial charge is 0.368 e. The van der Waals surface area contributed by atoms with E-state index in [0.29, 0.717) is 6.42 Å². The summed E-state index contributed by atoms with van der Waals surface area (Å²) in [4.78, 5) is 10.1. The summed E-state index contributed by atoms with van der Waals surface area (Å²) in [5.74, 6) is 5.65. The molecule has 0 N–H and O–H groups in total. The second kappa shape index (κ2) is 6.63. The molecular weight excluding hydrogens is 152 g/mol. The predicted octanol–water partition coefficient (Wildman–Crippen LogP) is 1.56. The molecule has 1 atom stereocenters. The highest BCUT2D eigenvalue weighted by Crippen LogP contribution is 1.92. The summed E-state index contributed by atoms with van der Waals surface area (Å²) in [7, 11) is 1.55. The van der Waals surface area contributed by atoms with Crippen molar-refractivity contribution in [2.75, 3.05) is 7.11 Å². The zero-order valence-electron chi connectivity index (χ0n) is 7.76. The number of carbonyl (C=O) groups is 1. The SMILES string of the molecule is CO[C@H](C#CC=C(C)C)CC=O. The summed E-state index contributed by atoms with van der Waals surface area (Å²) in [5, 5.41) is 0. The zero-order valence-corrected chi connectivity index (χ0v) is 7.76. The fraction of sp³-hybridized carbons (Fsp3) is 0.500. The molecule has 0 amide bonds. The Balaban J connectivity index is 4.05. The molecule has 2 heteroatoms. The summed E-state index contributed by atoms with van der Waals surface area (Å²) < 4.78 is 4.94. The van der Waals surface area contributed by atoms with E-state index in [2.05, 4.69) is 11.8 Å². The number of carbonyl (C=O) groups excluding carboxylic acids is 1. The first-order valence-electron chi connectivity index (χ1n) is 3.81.